The first-order valence-electron chi connectivity index (χ1n) is 15.0. The third-order valence-corrected chi connectivity index (χ3v) is 9.96. The molecule has 7 rings (SSSR count). The summed E-state index contributed by atoms with van der Waals surface area (Å²) in [6, 6.07) is 25.9. The highest BCUT2D eigenvalue weighted by molar-refractivity contribution is 6.62. The molecule has 1 amide bonds. The lowest BCUT2D eigenvalue weighted by atomic mass is 9.78. The van der Waals surface area contributed by atoms with Gasteiger partial charge in [0.15, 0.2) is 0 Å². The predicted molar refractivity (Wildman–Crippen MR) is 162 cm³/mol. The van der Waals surface area contributed by atoms with E-state index in [1.165, 1.54) is 33.4 Å². The highest BCUT2D eigenvalue weighted by Gasteiger charge is 2.51. The van der Waals surface area contributed by atoms with Gasteiger partial charge in [-0.2, -0.15) is 0 Å². The molecule has 2 bridgehead atoms. The second-order valence-corrected chi connectivity index (χ2v) is 13.0. The van der Waals surface area contributed by atoms with Crippen molar-refractivity contribution in [2.45, 2.75) is 82.6 Å². The van der Waals surface area contributed by atoms with Crippen LogP contribution in [0.25, 0.3) is 11.1 Å². The maximum absolute atomic E-state index is 13.4. The molecule has 2 saturated heterocycles. The van der Waals surface area contributed by atoms with Crippen molar-refractivity contribution in [1.82, 2.24) is 4.90 Å². The standard InChI is InChI=1S/C35H38BNO4/c1-34(2)35(3,4)41-36(40-34)25-15-13-23(14-16-25)19-24-20-26-17-18-27(21-24)37(26)33(38)39-22-32-30-11-7-5-9-28(30)29-10-6-8-12-31(29)32/h5-16,20,26-27,32H,17-19,21-22H2,1-4H3. The van der Waals surface area contributed by atoms with Gasteiger partial charge in [0.25, 0.3) is 0 Å². The Hall–Kier alpha value is -3.35. The van der Waals surface area contributed by atoms with Gasteiger partial charge in [-0.3, -0.25) is 4.90 Å². The van der Waals surface area contributed by atoms with E-state index in [1.54, 1.807) is 0 Å². The summed E-state index contributed by atoms with van der Waals surface area (Å²) in [5, 5.41) is 0. The number of benzene rings is 3. The molecule has 2 unspecified atom stereocenters. The Kier molecular flexibility index (Phi) is 6.40. The quantitative estimate of drug-likeness (QED) is 0.266. The van der Waals surface area contributed by atoms with Crippen molar-refractivity contribution < 1.29 is 18.8 Å². The molecule has 0 spiro atoms. The van der Waals surface area contributed by atoms with E-state index in [0.29, 0.717) is 6.61 Å². The van der Waals surface area contributed by atoms with Crippen LogP contribution in [0.15, 0.2) is 84.4 Å². The summed E-state index contributed by atoms with van der Waals surface area (Å²) in [5.41, 5.74) is 8.02. The summed E-state index contributed by atoms with van der Waals surface area (Å²) in [5.74, 6) is 0.0834. The molecule has 0 radical (unpaired) electrons. The molecule has 0 saturated carbocycles. The molecular formula is C35H38BNO4. The van der Waals surface area contributed by atoms with Crippen LogP contribution in [0.4, 0.5) is 4.79 Å². The fraction of sp³-hybridized carbons (Fsp3) is 0.400. The molecule has 3 aromatic rings. The zero-order chi connectivity index (χ0) is 28.4. The Morgan fingerprint density at radius 1 is 0.878 bits per heavy atom. The first-order valence-corrected chi connectivity index (χ1v) is 15.0. The predicted octanol–water partition coefficient (Wildman–Crippen LogP) is 6.64. The molecule has 3 heterocycles. The maximum Gasteiger partial charge on any atom is 0.494 e. The van der Waals surface area contributed by atoms with Crippen molar-refractivity contribution in [2.24, 2.45) is 0 Å². The fourth-order valence-corrected chi connectivity index (χ4v) is 7.04. The van der Waals surface area contributed by atoms with Crippen molar-refractivity contribution in [3.05, 3.63) is 101 Å². The van der Waals surface area contributed by atoms with E-state index in [-0.39, 0.29) is 42.4 Å². The molecule has 6 heteroatoms. The number of hydrogen-bond acceptors (Lipinski definition) is 4. The highest BCUT2D eigenvalue weighted by Crippen LogP contribution is 2.45. The molecule has 0 N–H and O–H groups in total. The van der Waals surface area contributed by atoms with Crippen molar-refractivity contribution in [1.29, 1.82) is 0 Å². The third-order valence-electron chi connectivity index (χ3n) is 9.96. The van der Waals surface area contributed by atoms with E-state index in [1.807, 2.05) is 4.90 Å². The number of carbonyl (C=O) groups is 1. The van der Waals surface area contributed by atoms with E-state index in [0.717, 1.165) is 31.1 Å². The summed E-state index contributed by atoms with van der Waals surface area (Å²) < 4.78 is 18.5. The average molecular weight is 548 g/mol. The van der Waals surface area contributed by atoms with Gasteiger partial charge < -0.3 is 14.0 Å². The minimum atomic E-state index is -0.346. The van der Waals surface area contributed by atoms with E-state index >= 15 is 0 Å². The SMILES string of the molecule is CC1(C)OB(c2ccc(CC3=CC4CCC(C3)N4C(=O)OCC3c4ccccc4-c4ccccc43)cc2)OC1(C)C. The number of ether oxygens (including phenoxy) is 1. The maximum atomic E-state index is 13.4. The van der Waals surface area contributed by atoms with Crippen molar-refractivity contribution in [2.75, 3.05) is 6.61 Å². The van der Waals surface area contributed by atoms with Crippen LogP contribution in [0.5, 0.6) is 0 Å². The van der Waals surface area contributed by atoms with E-state index in [9.17, 15) is 4.79 Å². The van der Waals surface area contributed by atoms with E-state index < -0.39 is 0 Å². The summed E-state index contributed by atoms with van der Waals surface area (Å²) >= 11 is 0. The summed E-state index contributed by atoms with van der Waals surface area (Å²) in [6.45, 7) is 8.69. The van der Waals surface area contributed by atoms with Gasteiger partial charge in [0.2, 0.25) is 0 Å². The van der Waals surface area contributed by atoms with Crippen LogP contribution in [0.1, 0.15) is 69.6 Å². The third kappa shape index (κ3) is 4.62. The second kappa shape index (κ2) is 9.89. The van der Waals surface area contributed by atoms with Gasteiger partial charge in [0, 0.05) is 12.0 Å². The normalized spacial score (nSPS) is 23.8. The zero-order valence-corrected chi connectivity index (χ0v) is 24.4. The minimum absolute atomic E-state index is 0.0834. The van der Waals surface area contributed by atoms with Crippen LogP contribution in [-0.2, 0) is 20.5 Å². The molecule has 3 aromatic carbocycles. The fourth-order valence-electron chi connectivity index (χ4n) is 7.04. The van der Waals surface area contributed by atoms with Crippen LogP contribution >= 0.6 is 0 Å². The molecule has 2 fully saturated rings. The van der Waals surface area contributed by atoms with Crippen molar-refractivity contribution in [3.8, 4) is 11.1 Å². The van der Waals surface area contributed by atoms with Gasteiger partial charge in [-0.1, -0.05) is 84.4 Å². The monoisotopic (exact) mass is 547 g/mol. The van der Waals surface area contributed by atoms with Gasteiger partial charge in [-0.15, -0.1) is 0 Å². The van der Waals surface area contributed by atoms with Gasteiger partial charge in [-0.25, -0.2) is 4.79 Å². The summed E-state index contributed by atoms with van der Waals surface area (Å²) in [7, 11) is -0.343. The first kappa shape index (κ1) is 26.5. The molecule has 41 heavy (non-hydrogen) atoms. The van der Waals surface area contributed by atoms with Crippen molar-refractivity contribution in [3.63, 3.8) is 0 Å². The van der Waals surface area contributed by atoms with Crippen molar-refractivity contribution >= 4 is 18.7 Å². The van der Waals surface area contributed by atoms with Gasteiger partial charge in [-0.05, 0) is 86.7 Å². The van der Waals surface area contributed by atoms with Crippen LogP contribution in [0, 0.1) is 0 Å². The topological polar surface area (TPSA) is 48.0 Å². The molecule has 4 aliphatic rings. The van der Waals surface area contributed by atoms with E-state index in [4.69, 9.17) is 14.0 Å². The molecular weight excluding hydrogens is 509 g/mol. The Bertz CT molecular complexity index is 1450. The number of rotatable bonds is 5. The molecule has 5 nitrogen and oxygen atoms in total. The Balaban J connectivity index is 0.996. The van der Waals surface area contributed by atoms with Crippen LogP contribution in [0.2, 0.25) is 0 Å². The Labute approximate surface area is 243 Å². The summed E-state index contributed by atoms with van der Waals surface area (Å²) in [6.07, 6.45) is 5.96. The van der Waals surface area contributed by atoms with Crippen LogP contribution in [-0.4, -0.2) is 48.0 Å². The Morgan fingerprint density at radius 3 is 2.10 bits per heavy atom. The average Bonchev–Trinajstić information content (AvgIpc) is 3.50. The first-order chi connectivity index (χ1) is 19.7. The number of nitrogens with zero attached hydrogens (tertiary/aromatic N) is 1. The number of fused-ring (bicyclic) bond motifs is 5. The molecule has 3 aliphatic heterocycles. The number of amides is 1. The van der Waals surface area contributed by atoms with Crippen LogP contribution < -0.4 is 5.46 Å². The second-order valence-electron chi connectivity index (χ2n) is 13.0. The lowest BCUT2D eigenvalue weighted by Crippen LogP contribution is -2.44. The zero-order valence-electron chi connectivity index (χ0n) is 24.4. The molecule has 210 valence electrons. The minimum Gasteiger partial charge on any atom is -0.448 e. The van der Waals surface area contributed by atoms with Crippen LogP contribution in [0.3, 0.4) is 0 Å². The lowest BCUT2D eigenvalue weighted by molar-refractivity contribution is 0.00578. The van der Waals surface area contributed by atoms with Gasteiger partial charge >= 0.3 is 13.2 Å². The largest absolute Gasteiger partial charge is 0.494 e. The number of hydrogen-bond donors (Lipinski definition) is 0. The molecule has 1 aliphatic carbocycles. The summed E-state index contributed by atoms with van der Waals surface area (Å²) in [4.78, 5) is 15.4. The molecule has 2 atom stereocenters. The molecule has 0 aromatic heterocycles. The van der Waals surface area contributed by atoms with Gasteiger partial charge in [0.1, 0.15) is 6.61 Å². The Morgan fingerprint density at radius 2 is 1.49 bits per heavy atom. The number of carbonyl (C=O) groups excluding carboxylic acids is 1. The smallest absolute Gasteiger partial charge is 0.448 e. The lowest BCUT2D eigenvalue weighted by Gasteiger charge is -2.33. The van der Waals surface area contributed by atoms with Gasteiger partial charge in [0.05, 0.1) is 17.2 Å². The highest BCUT2D eigenvalue weighted by atomic mass is 16.7. The van der Waals surface area contributed by atoms with E-state index in [2.05, 4.69) is 107 Å².